The number of halogens is 2. The minimum absolute atomic E-state index is 0.0202. The molecule has 0 saturated heterocycles. The summed E-state index contributed by atoms with van der Waals surface area (Å²) in [6, 6.07) is 4.67. The predicted octanol–water partition coefficient (Wildman–Crippen LogP) is 3.13. The van der Waals surface area contributed by atoms with E-state index in [1.807, 2.05) is 0 Å². The lowest BCUT2D eigenvalue weighted by Crippen LogP contribution is -2.27. The number of aryl methyl sites for hydroxylation is 1. The van der Waals surface area contributed by atoms with Gasteiger partial charge in [-0.05, 0) is 42.8 Å². The molecule has 0 aromatic heterocycles. The average molecular weight is 379 g/mol. The van der Waals surface area contributed by atoms with Crippen LogP contribution in [0.15, 0.2) is 53.9 Å². The summed E-state index contributed by atoms with van der Waals surface area (Å²) in [7, 11) is 2.41. The van der Waals surface area contributed by atoms with Crippen LogP contribution in [0.3, 0.4) is 0 Å². The van der Waals surface area contributed by atoms with Crippen LogP contribution >= 0.6 is 0 Å². The van der Waals surface area contributed by atoms with E-state index in [2.05, 4.69) is 0 Å². The molecule has 0 atom stereocenters. The van der Waals surface area contributed by atoms with E-state index >= 15 is 0 Å². The second-order valence-electron chi connectivity index (χ2n) is 5.47. The van der Waals surface area contributed by atoms with Gasteiger partial charge in [0.25, 0.3) is 6.43 Å². The molecule has 0 aliphatic carbocycles. The summed E-state index contributed by atoms with van der Waals surface area (Å²) >= 11 is 0. The molecule has 1 aromatic carbocycles. The Morgan fingerprint density at radius 3 is 2.41 bits per heavy atom. The highest BCUT2D eigenvalue weighted by Gasteiger charge is 2.28. The zero-order valence-corrected chi connectivity index (χ0v) is 15.1. The lowest BCUT2D eigenvalue weighted by atomic mass is 10.1. The molecule has 0 saturated carbocycles. The highest BCUT2D eigenvalue weighted by Crippen LogP contribution is 2.31. The summed E-state index contributed by atoms with van der Waals surface area (Å²) in [6.07, 6.45) is 3.68. The Kier molecular flexibility index (Phi) is 6.70. The third-order valence-corrected chi connectivity index (χ3v) is 3.69. The molecule has 1 aromatic rings. The van der Waals surface area contributed by atoms with Crippen LogP contribution in [0.5, 0.6) is 5.75 Å². The van der Waals surface area contributed by atoms with Crippen LogP contribution in [0.25, 0.3) is 0 Å². The van der Waals surface area contributed by atoms with Gasteiger partial charge in [-0.1, -0.05) is 6.08 Å². The van der Waals surface area contributed by atoms with Crippen molar-refractivity contribution in [3.8, 4) is 5.75 Å². The molecular weight excluding hydrogens is 360 g/mol. The Hall–Kier alpha value is -3.16. The fourth-order valence-electron chi connectivity index (χ4n) is 2.50. The number of carbonyl (C=O) groups is 2. The number of hydrogen-bond acceptors (Lipinski definition) is 6. The number of hydrogen-bond donors (Lipinski definition) is 0. The number of nitrogens with zero attached hydrogens (tertiary/aromatic N) is 1. The highest BCUT2D eigenvalue weighted by atomic mass is 19.3. The molecule has 0 unspecified atom stereocenters. The molecule has 0 fully saturated rings. The fraction of sp³-hybridized carbons (Fsp3) is 0.263. The van der Waals surface area contributed by atoms with Gasteiger partial charge >= 0.3 is 11.9 Å². The summed E-state index contributed by atoms with van der Waals surface area (Å²) < 4.78 is 39.2. The summed E-state index contributed by atoms with van der Waals surface area (Å²) in [5.74, 6) is -1.16. The van der Waals surface area contributed by atoms with Crippen molar-refractivity contribution in [1.29, 1.82) is 0 Å². The summed E-state index contributed by atoms with van der Waals surface area (Å²) in [4.78, 5) is 26.0. The van der Waals surface area contributed by atoms with Gasteiger partial charge in [-0.3, -0.25) is 0 Å². The average Bonchev–Trinajstić information content (AvgIpc) is 2.88. The van der Waals surface area contributed by atoms with Crippen molar-refractivity contribution in [2.75, 3.05) is 25.7 Å². The predicted molar refractivity (Wildman–Crippen MR) is 94.5 cm³/mol. The number of carbonyl (C=O) groups excluding carboxylic acids is 2. The van der Waals surface area contributed by atoms with Crippen molar-refractivity contribution in [3.05, 3.63) is 59.5 Å². The molecule has 0 bridgehead atoms. The molecule has 0 radical (unpaired) electrons. The van der Waals surface area contributed by atoms with E-state index in [1.54, 1.807) is 37.4 Å². The van der Waals surface area contributed by atoms with Crippen LogP contribution in [-0.2, 0) is 19.1 Å². The molecule has 1 aliphatic heterocycles. The van der Waals surface area contributed by atoms with Gasteiger partial charge in [-0.2, -0.15) is 0 Å². The van der Waals surface area contributed by atoms with Crippen molar-refractivity contribution in [2.45, 2.75) is 13.3 Å². The molecule has 0 N–H and O–H groups in total. The van der Waals surface area contributed by atoms with E-state index in [-0.39, 0.29) is 17.0 Å². The maximum Gasteiger partial charge on any atom is 0.355 e. The lowest BCUT2D eigenvalue weighted by Gasteiger charge is -2.25. The van der Waals surface area contributed by atoms with Crippen molar-refractivity contribution in [1.82, 2.24) is 0 Å². The molecule has 144 valence electrons. The maximum absolute atomic E-state index is 12.4. The van der Waals surface area contributed by atoms with Crippen molar-refractivity contribution in [3.63, 3.8) is 0 Å². The first kappa shape index (κ1) is 20.2. The van der Waals surface area contributed by atoms with Crippen LogP contribution in [0.2, 0.25) is 0 Å². The number of methoxy groups -OCH3 is 2. The van der Waals surface area contributed by atoms with Crippen molar-refractivity contribution >= 4 is 17.6 Å². The second-order valence-corrected chi connectivity index (χ2v) is 5.47. The van der Waals surface area contributed by atoms with E-state index < -0.39 is 25.0 Å². The quantitative estimate of drug-likeness (QED) is 0.708. The molecule has 6 nitrogen and oxygen atoms in total. The summed E-state index contributed by atoms with van der Waals surface area (Å²) in [5.41, 5.74) is 1.17. The number of esters is 2. The number of allylic oxidation sites excluding steroid dienone is 2. The van der Waals surface area contributed by atoms with Gasteiger partial charge in [-0.15, -0.1) is 0 Å². The van der Waals surface area contributed by atoms with Gasteiger partial charge in [0, 0.05) is 11.9 Å². The third kappa shape index (κ3) is 4.72. The van der Waals surface area contributed by atoms with Gasteiger partial charge in [0.1, 0.15) is 18.1 Å². The number of alkyl halides is 2. The standard InChI is InChI=1S/C19H19F2NO5/c1-12-10-13(27-11-16(20)21)7-8-15(12)22-9-5-4-6-14(18(23)25-2)17(22)19(24)26-3/h4-10,16H,11H2,1-3H3. The minimum Gasteiger partial charge on any atom is -0.488 e. The zero-order valence-electron chi connectivity index (χ0n) is 15.1. The maximum atomic E-state index is 12.4. The van der Waals surface area contributed by atoms with E-state index in [0.29, 0.717) is 11.3 Å². The third-order valence-electron chi connectivity index (χ3n) is 3.69. The Morgan fingerprint density at radius 2 is 1.81 bits per heavy atom. The van der Waals surface area contributed by atoms with E-state index in [1.165, 1.54) is 31.3 Å². The molecule has 2 rings (SSSR count). The smallest absolute Gasteiger partial charge is 0.355 e. The zero-order chi connectivity index (χ0) is 20.0. The van der Waals surface area contributed by atoms with Gasteiger partial charge in [0.2, 0.25) is 0 Å². The SMILES string of the molecule is COC(=O)C1=C(C(=O)OC)N(c2ccc(OCC(F)F)cc2C)C=CC=C1. The first-order valence-corrected chi connectivity index (χ1v) is 7.95. The summed E-state index contributed by atoms with van der Waals surface area (Å²) in [5, 5.41) is 0. The molecule has 0 amide bonds. The number of ether oxygens (including phenoxy) is 3. The van der Waals surface area contributed by atoms with Crippen molar-refractivity contribution < 1.29 is 32.6 Å². The van der Waals surface area contributed by atoms with Crippen LogP contribution < -0.4 is 9.64 Å². The lowest BCUT2D eigenvalue weighted by molar-refractivity contribution is -0.139. The van der Waals surface area contributed by atoms with E-state index in [9.17, 15) is 18.4 Å². The number of anilines is 1. The molecule has 1 aliphatic rings. The topological polar surface area (TPSA) is 65.1 Å². The first-order valence-electron chi connectivity index (χ1n) is 7.95. The first-order chi connectivity index (χ1) is 12.9. The monoisotopic (exact) mass is 379 g/mol. The molecule has 1 heterocycles. The minimum atomic E-state index is -2.58. The highest BCUT2D eigenvalue weighted by molar-refractivity contribution is 6.05. The Bertz CT molecular complexity index is 814. The van der Waals surface area contributed by atoms with Crippen LogP contribution in [0.1, 0.15) is 5.56 Å². The normalized spacial score (nSPS) is 13.6. The number of benzene rings is 1. The van der Waals surface area contributed by atoms with Gasteiger partial charge in [0.05, 0.1) is 19.8 Å². The van der Waals surface area contributed by atoms with Gasteiger partial charge in [-0.25, -0.2) is 18.4 Å². The number of rotatable bonds is 6. The van der Waals surface area contributed by atoms with Crippen LogP contribution in [0, 0.1) is 6.92 Å². The Morgan fingerprint density at radius 1 is 1.11 bits per heavy atom. The van der Waals surface area contributed by atoms with Gasteiger partial charge < -0.3 is 19.1 Å². The fourth-order valence-corrected chi connectivity index (χ4v) is 2.50. The van der Waals surface area contributed by atoms with E-state index in [0.717, 1.165) is 0 Å². The molecular formula is C19H19F2NO5. The Balaban J connectivity index is 2.51. The van der Waals surface area contributed by atoms with Gasteiger partial charge in [0.15, 0.2) is 0 Å². The summed E-state index contributed by atoms with van der Waals surface area (Å²) in [6.45, 7) is 1.01. The molecule has 0 spiro atoms. The molecule has 27 heavy (non-hydrogen) atoms. The second kappa shape index (κ2) is 8.98. The largest absolute Gasteiger partial charge is 0.488 e. The molecule has 8 heteroatoms. The van der Waals surface area contributed by atoms with E-state index in [4.69, 9.17) is 14.2 Å². The Labute approximate surface area is 155 Å². The van der Waals surface area contributed by atoms with Crippen molar-refractivity contribution in [2.24, 2.45) is 0 Å². The van der Waals surface area contributed by atoms with Crippen LogP contribution in [-0.4, -0.2) is 39.2 Å². The van der Waals surface area contributed by atoms with Crippen LogP contribution in [0.4, 0.5) is 14.5 Å².